The summed E-state index contributed by atoms with van der Waals surface area (Å²) >= 11 is 1.49. The molecule has 2 heterocycles. The Labute approximate surface area is 259 Å². The molecule has 3 aromatic carbocycles. The number of benzene rings is 3. The van der Waals surface area contributed by atoms with Crippen molar-refractivity contribution in [3.8, 4) is 5.69 Å². The molecule has 12 nitrogen and oxygen atoms in total. The summed E-state index contributed by atoms with van der Waals surface area (Å²) in [6.45, 7) is 3.73. The van der Waals surface area contributed by atoms with Gasteiger partial charge in [-0.25, -0.2) is 4.79 Å². The number of nitrogens with zero attached hydrogens (tertiary/aromatic N) is 4. The van der Waals surface area contributed by atoms with E-state index in [0.29, 0.717) is 22.2 Å². The first-order valence-electron chi connectivity index (χ1n) is 14.2. The number of carbonyl (C=O) groups is 2. The molecule has 4 aromatic rings. The zero-order valence-electron chi connectivity index (χ0n) is 24.3. The zero-order chi connectivity index (χ0) is 30.9. The second-order valence-corrected chi connectivity index (χ2v) is 11.1. The lowest BCUT2D eigenvalue weighted by molar-refractivity contribution is -0.268. The lowest BCUT2D eigenvalue weighted by atomic mass is 9.91. The number of hydrogen-bond donors (Lipinski definition) is 3. The highest BCUT2D eigenvalue weighted by Gasteiger charge is 2.38. The van der Waals surface area contributed by atoms with Crippen LogP contribution in [0.15, 0.2) is 84.0 Å². The summed E-state index contributed by atoms with van der Waals surface area (Å²) in [6.07, 6.45) is -1.32. The van der Waals surface area contributed by atoms with Crippen LogP contribution in [0.1, 0.15) is 42.9 Å². The van der Waals surface area contributed by atoms with Gasteiger partial charge in [-0.1, -0.05) is 73.3 Å². The van der Waals surface area contributed by atoms with Crippen LogP contribution in [0.3, 0.4) is 0 Å². The third-order valence-electron chi connectivity index (χ3n) is 7.06. The van der Waals surface area contributed by atoms with Gasteiger partial charge in [0.2, 0.25) is 5.16 Å². The Balaban J connectivity index is 1.34. The smallest absolute Gasteiger partial charge is 0.325 e. The van der Waals surface area contributed by atoms with E-state index in [1.54, 1.807) is 29.8 Å². The van der Waals surface area contributed by atoms with Gasteiger partial charge >= 0.3 is 12.0 Å². The summed E-state index contributed by atoms with van der Waals surface area (Å²) < 4.78 is 19.6. The summed E-state index contributed by atoms with van der Waals surface area (Å²) in [5.41, 5.74) is 3.84. The van der Waals surface area contributed by atoms with Crippen LogP contribution in [-0.2, 0) is 25.6 Å². The number of amides is 2. The van der Waals surface area contributed by atoms with E-state index in [4.69, 9.17) is 14.2 Å². The SMILES string of the molecule is CCOC(=O)CNC(=O)Nc1cccc(C2OC(CSc3nnnn3-c3ccccc3)C(C)C(c3ccc(CO)cc3)O2)c1. The molecule has 0 saturated carbocycles. The summed E-state index contributed by atoms with van der Waals surface area (Å²) in [6, 6.07) is 24.0. The molecule has 230 valence electrons. The van der Waals surface area contributed by atoms with Crippen LogP contribution in [0, 0.1) is 5.92 Å². The maximum atomic E-state index is 12.4. The van der Waals surface area contributed by atoms with Gasteiger partial charge in [0.15, 0.2) is 6.29 Å². The number of esters is 1. The van der Waals surface area contributed by atoms with Crippen LogP contribution in [0.4, 0.5) is 10.5 Å². The van der Waals surface area contributed by atoms with E-state index in [-0.39, 0.29) is 37.9 Å². The van der Waals surface area contributed by atoms with Crippen LogP contribution in [0.2, 0.25) is 0 Å². The van der Waals surface area contributed by atoms with Crippen molar-refractivity contribution in [3.05, 3.63) is 95.6 Å². The molecule has 4 atom stereocenters. The summed E-state index contributed by atoms with van der Waals surface area (Å²) in [5, 5.41) is 27.7. The van der Waals surface area contributed by atoms with Crippen LogP contribution >= 0.6 is 11.8 Å². The lowest BCUT2D eigenvalue weighted by Crippen LogP contribution is -2.38. The predicted molar refractivity (Wildman–Crippen MR) is 163 cm³/mol. The number of urea groups is 1. The fourth-order valence-electron chi connectivity index (χ4n) is 4.77. The summed E-state index contributed by atoms with van der Waals surface area (Å²) in [7, 11) is 0. The first-order valence-corrected chi connectivity index (χ1v) is 15.2. The Kier molecular flexibility index (Phi) is 10.6. The predicted octanol–water partition coefficient (Wildman–Crippen LogP) is 4.42. The van der Waals surface area contributed by atoms with Crippen LogP contribution in [0.5, 0.6) is 0 Å². The van der Waals surface area contributed by atoms with Crippen molar-refractivity contribution in [2.45, 2.75) is 44.1 Å². The van der Waals surface area contributed by atoms with E-state index in [9.17, 15) is 14.7 Å². The van der Waals surface area contributed by atoms with Gasteiger partial charge in [-0.3, -0.25) is 4.79 Å². The van der Waals surface area contributed by atoms with Crippen LogP contribution in [-0.4, -0.2) is 62.3 Å². The van der Waals surface area contributed by atoms with Crippen LogP contribution < -0.4 is 10.6 Å². The topological polar surface area (TPSA) is 150 Å². The Bertz CT molecular complexity index is 1540. The van der Waals surface area contributed by atoms with Gasteiger partial charge in [-0.05, 0) is 52.7 Å². The Morgan fingerprint density at radius 3 is 2.57 bits per heavy atom. The maximum absolute atomic E-state index is 12.4. The molecule has 5 rings (SSSR count). The molecule has 0 bridgehead atoms. The fourth-order valence-corrected chi connectivity index (χ4v) is 5.82. The number of nitrogens with one attached hydrogen (secondary N) is 2. The highest BCUT2D eigenvalue weighted by Crippen LogP contribution is 2.43. The monoisotopic (exact) mass is 618 g/mol. The summed E-state index contributed by atoms with van der Waals surface area (Å²) in [5.74, 6) is -0.0164. The number of hydrogen-bond acceptors (Lipinski definition) is 10. The molecule has 0 aliphatic carbocycles. The van der Waals surface area contributed by atoms with E-state index < -0.39 is 18.3 Å². The van der Waals surface area contributed by atoms with Gasteiger partial charge in [0.1, 0.15) is 6.54 Å². The molecule has 13 heteroatoms. The molecular weight excluding hydrogens is 584 g/mol. The van der Waals surface area contributed by atoms with E-state index >= 15 is 0 Å². The molecule has 44 heavy (non-hydrogen) atoms. The Morgan fingerprint density at radius 1 is 1.02 bits per heavy atom. The van der Waals surface area contributed by atoms with Crippen molar-refractivity contribution in [2.75, 3.05) is 24.2 Å². The molecule has 2 amide bonds. The van der Waals surface area contributed by atoms with Gasteiger partial charge in [0.25, 0.3) is 0 Å². The summed E-state index contributed by atoms with van der Waals surface area (Å²) in [4.78, 5) is 24.0. The Hall–Kier alpha value is -4.30. The number of carbonyl (C=O) groups excluding carboxylic acids is 2. The largest absolute Gasteiger partial charge is 0.465 e. The third-order valence-corrected chi connectivity index (χ3v) is 8.07. The van der Waals surface area contributed by atoms with Gasteiger partial charge < -0.3 is 30.0 Å². The lowest BCUT2D eigenvalue weighted by Gasteiger charge is -2.41. The molecule has 1 aliphatic heterocycles. The number of aromatic nitrogens is 4. The number of ether oxygens (including phenoxy) is 3. The minimum atomic E-state index is -0.742. The minimum absolute atomic E-state index is 0.0460. The number of anilines is 1. The van der Waals surface area contributed by atoms with Crippen LogP contribution in [0.25, 0.3) is 5.69 Å². The van der Waals surface area contributed by atoms with Gasteiger partial charge in [-0.2, -0.15) is 4.68 Å². The van der Waals surface area contributed by atoms with Crippen molar-refractivity contribution in [3.63, 3.8) is 0 Å². The highest BCUT2D eigenvalue weighted by atomic mass is 32.2. The van der Waals surface area contributed by atoms with E-state index in [1.165, 1.54) is 11.8 Å². The average molecular weight is 619 g/mol. The second kappa shape index (κ2) is 14.9. The van der Waals surface area contributed by atoms with Crippen molar-refractivity contribution in [1.82, 2.24) is 25.5 Å². The maximum Gasteiger partial charge on any atom is 0.325 e. The average Bonchev–Trinajstić information content (AvgIpc) is 3.53. The molecule has 1 saturated heterocycles. The Morgan fingerprint density at radius 2 is 1.82 bits per heavy atom. The quantitative estimate of drug-likeness (QED) is 0.163. The number of para-hydroxylation sites is 1. The first kappa shape index (κ1) is 31.1. The highest BCUT2D eigenvalue weighted by molar-refractivity contribution is 7.99. The van der Waals surface area contributed by atoms with Gasteiger partial charge in [0.05, 0.1) is 31.1 Å². The zero-order valence-corrected chi connectivity index (χ0v) is 25.1. The number of rotatable bonds is 11. The third kappa shape index (κ3) is 7.80. The molecular formula is C31H34N6O6S. The first-order chi connectivity index (χ1) is 21.4. The normalized spacial score (nSPS) is 19.7. The van der Waals surface area contributed by atoms with Crippen molar-refractivity contribution in [1.29, 1.82) is 0 Å². The molecule has 0 spiro atoms. The number of aliphatic hydroxyl groups is 1. The molecule has 3 N–H and O–H groups in total. The standard InChI is InChI=1S/C31H34N6O6S/c1-3-41-27(39)17-32-30(40)33-24-9-7-8-23(16-24)29-42-26(20(2)28(43-29)22-14-12-21(18-38)13-15-22)19-44-31-34-35-36-37(31)25-10-5-4-6-11-25/h4-16,20,26,28-29,38H,3,17-19H2,1-2H3,(H2,32,33,40). The molecule has 1 aromatic heterocycles. The molecule has 1 fully saturated rings. The van der Waals surface area contributed by atoms with Crippen molar-refractivity contribution < 1.29 is 28.9 Å². The van der Waals surface area contributed by atoms with E-state index in [0.717, 1.165) is 16.8 Å². The molecule has 4 unspecified atom stereocenters. The second-order valence-electron chi connectivity index (χ2n) is 10.1. The molecule has 0 radical (unpaired) electrons. The van der Waals surface area contributed by atoms with Gasteiger partial charge in [0, 0.05) is 22.9 Å². The van der Waals surface area contributed by atoms with E-state index in [2.05, 4.69) is 33.1 Å². The van der Waals surface area contributed by atoms with Crippen molar-refractivity contribution >= 4 is 29.4 Å². The minimum Gasteiger partial charge on any atom is -0.465 e. The van der Waals surface area contributed by atoms with Gasteiger partial charge in [-0.15, -0.1) is 5.10 Å². The fraction of sp³-hybridized carbons (Fsp3) is 0.323. The number of aliphatic hydroxyl groups excluding tert-OH is 1. The van der Waals surface area contributed by atoms with E-state index in [1.807, 2.05) is 60.7 Å². The number of thioether (sulfide) groups is 1. The number of tetrazole rings is 1. The van der Waals surface area contributed by atoms with Crippen molar-refractivity contribution in [2.24, 2.45) is 5.92 Å². The molecule has 1 aliphatic rings.